The van der Waals surface area contributed by atoms with Crippen LogP contribution in [0.3, 0.4) is 0 Å². The first kappa shape index (κ1) is 15.0. The van der Waals surface area contributed by atoms with E-state index in [2.05, 4.69) is 0 Å². The Hall–Kier alpha value is -1.90. The second-order valence-corrected chi connectivity index (χ2v) is 7.34. The first-order valence-electron chi connectivity index (χ1n) is 6.39. The minimum absolute atomic E-state index is 0.0749. The Balaban J connectivity index is 1.91. The molecule has 8 heteroatoms. The van der Waals surface area contributed by atoms with Crippen LogP contribution in [-0.4, -0.2) is 21.0 Å². The molecule has 0 saturated carbocycles. The molecule has 2 heterocycles. The van der Waals surface area contributed by atoms with E-state index in [0.29, 0.717) is 11.5 Å². The highest BCUT2D eigenvalue weighted by Crippen LogP contribution is 2.35. The van der Waals surface area contributed by atoms with Gasteiger partial charge in [0.15, 0.2) is 17.3 Å². The number of ketones is 1. The molecule has 3 rings (SSSR count). The van der Waals surface area contributed by atoms with E-state index < -0.39 is 10.0 Å². The molecule has 0 fully saturated rings. The molecule has 0 bridgehead atoms. The first-order valence-corrected chi connectivity index (χ1v) is 8.81. The van der Waals surface area contributed by atoms with Gasteiger partial charge in [-0.2, -0.15) is 0 Å². The van der Waals surface area contributed by atoms with Crippen molar-refractivity contribution >= 4 is 27.1 Å². The van der Waals surface area contributed by atoms with Crippen molar-refractivity contribution in [2.45, 2.75) is 18.2 Å². The van der Waals surface area contributed by atoms with Gasteiger partial charge in [0.25, 0.3) is 0 Å². The lowest BCUT2D eigenvalue weighted by molar-refractivity contribution is 0.0994. The number of hydrogen-bond acceptors (Lipinski definition) is 6. The molecule has 0 unspecified atom stereocenters. The van der Waals surface area contributed by atoms with E-state index in [0.717, 1.165) is 22.5 Å². The summed E-state index contributed by atoms with van der Waals surface area (Å²) in [5.41, 5.74) is 1.65. The summed E-state index contributed by atoms with van der Waals surface area (Å²) in [4.78, 5) is 12.4. The molecular weight excluding hydrogens is 326 g/mol. The normalized spacial score (nSPS) is 13.4. The molecule has 1 aromatic heterocycles. The number of nitrogens with two attached hydrogens (primary N) is 1. The summed E-state index contributed by atoms with van der Waals surface area (Å²) in [7, 11) is -3.90. The van der Waals surface area contributed by atoms with Crippen molar-refractivity contribution in [2.75, 3.05) is 6.79 Å². The maximum atomic E-state index is 12.4. The zero-order valence-electron chi connectivity index (χ0n) is 11.7. The van der Waals surface area contributed by atoms with Crippen LogP contribution in [-0.2, 0) is 16.4 Å². The summed E-state index contributed by atoms with van der Waals surface area (Å²) < 4.78 is 33.5. The van der Waals surface area contributed by atoms with Crippen molar-refractivity contribution in [1.29, 1.82) is 0 Å². The molecule has 116 valence electrons. The van der Waals surface area contributed by atoms with Crippen LogP contribution in [0.2, 0.25) is 0 Å². The average Bonchev–Trinajstić information content (AvgIpc) is 3.05. The third-order valence-corrected chi connectivity index (χ3v) is 5.41. The second-order valence-electron chi connectivity index (χ2n) is 4.89. The first-order chi connectivity index (χ1) is 10.4. The number of fused-ring (bicyclic) bond motifs is 1. The Morgan fingerprint density at radius 2 is 2.00 bits per heavy atom. The number of carbonyl (C=O) groups excluding carboxylic acids is 1. The summed E-state index contributed by atoms with van der Waals surface area (Å²) in [5, 5.41) is 6.67. The summed E-state index contributed by atoms with van der Waals surface area (Å²) >= 11 is 1.07. The van der Waals surface area contributed by atoms with Gasteiger partial charge < -0.3 is 9.47 Å². The van der Waals surface area contributed by atoms with Crippen molar-refractivity contribution in [3.05, 3.63) is 39.6 Å². The Labute approximate surface area is 131 Å². The number of aryl methyl sites for hydroxylation is 1. The molecule has 1 aliphatic rings. The predicted octanol–water partition coefficient (Wildman–Crippen LogP) is 1.86. The zero-order valence-corrected chi connectivity index (χ0v) is 13.3. The third kappa shape index (κ3) is 2.72. The van der Waals surface area contributed by atoms with E-state index in [9.17, 15) is 13.2 Å². The molecule has 0 atom stereocenters. The number of hydrogen-bond donors (Lipinski definition) is 1. The smallest absolute Gasteiger partial charge is 0.239 e. The van der Waals surface area contributed by atoms with Crippen molar-refractivity contribution in [3.63, 3.8) is 0 Å². The molecule has 2 aromatic rings. The van der Waals surface area contributed by atoms with E-state index in [1.807, 2.05) is 6.92 Å². The van der Waals surface area contributed by atoms with Crippen LogP contribution in [0.1, 0.15) is 20.8 Å². The summed E-state index contributed by atoms with van der Waals surface area (Å²) in [6, 6.07) is 4.90. The minimum Gasteiger partial charge on any atom is -0.454 e. The van der Waals surface area contributed by atoms with Crippen molar-refractivity contribution in [3.8, 4) is 11.5 Å². The molecule has 1 aromatic carbocycles. The largest absolute Gasteiger partial charge is 0.454 e. The molecule has 22 heavy (non-hydrogen) atoms. The number of Topliss-reactive ketones (excluding diaryl/α,β-unsaturated/α-hetero) is 1. The molecule has 0 radical (unpaired) electrons. The van der Waals surface area contributed by atoms with Gasteiger partial charge in [-0.15, -0.1) is 11.3 Å². The maximum Gasteiger partial charge on any atom is 0.239 e. The Kier molecular flexibility index (Phi) is 3.67. The maximum absolute atomic E-state index is 12.4. The van der Waals surface area contributed by atoms with Crippen LogP contribution in [0.5, 0.6) is 11.5 Å². The standard InChI is InChI=1S/C14H13NO5S2/c1-8-4-11-12(20-7-19-11)6-9(8)5-10(16)14-13(2-3-21-14)22(15,17)18/h2-4,6H,5,7H2,1H3,(H2,15,17,18). The van der Waals surface area contributed by atoms with E-state index in [1.54, 1.807) is 17.5 Å². The number of carbonyl (C=O) groups is 1. The van der Waals surface area contributed by atoms with Crippen LogP contribution in [0.25, 0.3) is 0 Å². The van der Waals surface area contributed by atoms with Gasteiger partial charge >= 0.3 is 0 Å². The fourth-order valence-corrected chi connectivity index (χ4v) is 4.19. The number of ether oxygens (including phenoxy) is 2. The van der Waals surface area contributed by atoms with Crippen LogP contribution in [0.15, 0.2) is 28.5 Å². The highest BCUT2D eigenvalue weighted by Gasteiger charge is 2.23. The highest BCUT2D eigenvalue weighted by molar-refractivity contribution is 7.89. The lowest BCUT2D eigenvalue weighted by atomic mass is 10.0. The third-order valence-electron chi connectivity index (χ3n) is 3.37. The van der Waals surface area contributed by atoms with Gasteiger partial charge in [-0.3, -0.25) is 4.79 Å². The molecule has 1 aliphatic heterocycles. The summed E-state index contributed by atoms with van der Waals surface area (Å²) in [6.07, 6.45) is 0.0749. The van der Waals surface area contributed by atoms with Gasteiger partial charge in [0.2, 0.25) is 16.8 Å². The van der Waals surface area contributed by atoms with Gasteiger partial charge in [-0.25, -0.2) is 13.6 Å². The average molecular weight is 339 g/mol. The minimum atomic E-state index is -3.90. The lowest BCUT2D eigenvalue weighted by Crippen LogP contribution is -2.15. The molecule has 0 spiro atoms. The predicted molar refractivity (Wildman–Crippen MR) is 81.0 cm³/mol. The molecular formula is C14H13NO5S2. The summed E-state index contributed by atoms with van der Waals surface area (Å²) in [5.74, 6) is 0.947. The molecule has 6 nitrogen and oxygen atoms in total. The molecule has 0 amide bonds. The number of rotatable bonds is 4. The second kappa shape index (κ2) is 5.38. The van der Waals surface area contributed by atoms with E-state index in [1.165, 1.54) is 6.07 Å². The van der Waals surface area contributed by atoms with Gasteiger partial charge in [0.1, 0.15) is 4.90 Å². The van der Waals surface area contributed by atoms with Crippen molar-refractivity contribution < 1.29 is 22.7 Å². The SMILES string of the molecule is Cc1cc2c(cc1CC(=O)c1sccc1S(N)(=O)=O)OCO2. The monoisotopic (exact) mass is 339 g/mol. The number of thiophene rings is 1. The Morgan fingerprint density at radius 3 is 2.68 bits per heavy atom. The number of benzene rings is 1. The molecule has 0 saturated heterocycles. The molecule has 0 aliphatic carbocycles. The van der Waals surface area contributed by atoms with Crippen LogP contribution in [0.4, 0.5) is 0 Å². The quantitative estimate of drug-likeness (QED) is 0.858. The van der Waals surface area contributed by atoms with E-state index in [4.69, 9.17) is 14.6 Å². The number of sulfonamides is 1. The van der Waals surface area contributed by atoms with Crippen molar-refractivity contribution in [2.24, 2.45) is 5.14 Å². The topological polar surface area (TPSA) is 95.7 Å². The van der Waals surface area contributed by atoms with Gasteiger partial charge in [0, 0.05) is 6.42 Å². The van der Waals surface area contributed by atoms with Gasteiger partial charge in [-0.1, -0.05) is 0 Å². The fraction of sp³-hybridized carbons (Fsp3) is 0.214. The number of primary sulfonamides is 1. The highest BCUT2D eigenvalue weighted by atomic mass is 32.2. The lowest BCUT2D eigenvalue weighted by Gasteiger charge is -2.07. The molecule has 2 N–H and O–H groups in total. The van der Waals surface area contributed by atoms with Gasteiger partial charge in [0.05, 0.1) is 4.88 Å². The van der Waals surface area contributed by atoms with Crippen LogP contribution < -0.4 is 14.6 Å². The fourth-order valence-electron chi connectivity index (χ4n) is 2.25. The van der Waals surface area contributed by atoms with Crippen LogP contribution >= 0.6 is 11.3 Å². The van der Waals surface area contributed by atoms with E-state index in [-0.39, 0.29) is 28.8 Å². The Bertz CT molecular complexity index is 854. The zero-order chi connectivity index (χ0) is 15.9. The summed E-state index contributed by atoms with van der Waals surface area (Å²) in [6.45, 7) is 2.02. The van der Waals surface area contributed by atoms with Crippen LogP contribution in [0, 0.1) is 6.92 Å². The van der Waals surface area contributed by atoms with E-state index >= 15 is 0 Å². The van der Waals surface area contributed by atoms with Crippen molar-refractivity contribution in [1.82, 2.24) is 0 Å². The Morgan fingerprint density at radius 1 is 1.32 bits per heavy atom. The van der Waals surface area contributed by atoms with Gasteiger partial charge in [-0.05, 0) is 41.6 Å².